The van der Waals surface area contributed by atoms with Gasteiger partial charge < -0.3 is 5.32 Å². The number of nitrogens with one attached hydrogen (secondary N) is 1. The first-order chi connectivity index (χ1) is 12.0. The summed E-state index contributed by atoms with van der Waals surface area (Å²) in [6.07, 6.45) is 3.41. The van der Waals surface area contributed by atoms with Gasteiger partial charge >= 0.3 is 0 Å². The molecule has 0 saturated heterocycles. The van der Waals surface area contributed by atoms with E-state index in [9.17, 15) is 9.59 Å². The van der Waals surface area contributed by atoms with Crippen molar-refractivity contribution in [3.63, 3.8) is 0 Å². The van der Waals surface area contributed by atoms with Gasteiger partial charge in [-0.15, -0.1) is 11.8 Å². The SMILES string of the molecule is CC(=O)c1cccc(NC(=O)C(C)SC2CCCc3ccccc32)c1. The van der Waals surface area contributed by atoms with Gasteiger partial charge in [-0.3, -0.25) is 9.59 Å². The molecule has 2 unspecified atom stereocenters. The zero-order chi connectivity index (χ0) is 17.8. The van der Waals surface area contributed by atoms with Crippen LogP contribution in [0.3, 0.4) is 0 Å². The monoisotopic (exact) mass is 353 g/mol. The molecule has 0 heterocycles. The maximum absolute atomic E-state index is 12.6. The van der Waals surface area contributed by atoms with Crippen molar-refractivity contribution in [3.05, 3.63) is 65.2 Å². The molecule has 25 heavy (non-hydrogen) atoms. The molecular weight excluding hydrogens is 330 g/mol. The molecule has 1 aliphatic carbocycles. The Balaban J connectivity index is 1.66. The third-order valence-electron chi connectivity index (χ3n) is 4.59. The van der Waals surface area contributed by atoms with E-state index in [1.165, 1.54) is 24.5 Å². The highest BCUT2D eigenvalue weighted by Crippen LogP contribution is 2.41. The van der Waals surface area contributed by atoms with Crippen molar-refractivity contribution in [1.82, 2.24) is 0 Å². The van der Waals surface area contributed by atoms with Crippen molar-refractivity contribution in [2.75, 3.05) is 5.32 Å². The number of Topliss-reactive ketones (excluding diaryl/α,β-unsaturated/α-hetero) is 1. The summed E-state index contributed by atoms with van der Waals surface area (Å²) < 4.78 is 0. The average Bonchev–Trinajstić information content (AvgIpc) is 2.62. The minimum Gasteiger partial charge on any atom is -0.325 e. The fourth-order valence-electron chi connectivity index (χ4n) is 3.22. The van der Waals surface area contributed by atoms with E-state index in [4.69, 9.17) is 0 Å². The predicted molar refractivity (Wildman–Crippen MR) is 104 cm³/mol. The first kappa shape index (κ1) is 17.7. The lowest BCUT2D eigenvalue weighted by Crippen LogP contribution is -2.24. The van der Waals surface area contributed by atoms with Crippen molar-refractivity contribution in [3.8, 4) is 0 Å². The van der Waals surface area contributed by atoms with Crippen molar-refractivity contribution in [2.45, 2.75) is 43.6 Å². The second-order valence-corrected chi connectivity index (χ2v) is 8.03. The van der Waals surface area contributed by atoms with Gasteiger partial charge in [0.2, 0.25) is 5.91 Å². The summed E-state index contributed by atoms with van der Waals surface area (Å²) in [5.74, 6) is -0.0221. The van der Waals surface area contributed by atoms with Gasteiger partial charge in [0.05, 0.1) is 5.25 Å². The van der Waals surface area contributed by atoms with Crippen LogP contribution in [0, 0.1) is 0 Å². The Hall–Kier alpha value is -2.07. The highest BCUT2D eigenvalue weighted by molar-refractivity contribution is 8.00. The molecule has 130 valence electrons. The van der Waals surface area contributed by atoms with Crippen LogP contribution in [0.25, 0.3) is 0 Å². The molecule has 2 atom stereocenters. The molecule has 0 aliphatic heterocycles. The third kappa shape index (κ3) is 4.31. The topological polar surface area (TPSA) is 46.2 Å². The van der Waals surface area contributed by atoms with Crippen LogP contribution >= 0.6 is 11.8 Å². The zero-order valence-electron chi connectivity index (χ0n) is 14.6. The van der Waals surface area contributed by atoms with E-state index in [0.717, 1.165) is 12.8 Å². The molecule has 3 rings (SSSR count). The number of rotatable bonds is 5. The number of fused-ring (bicyclic) bond motifs is 1. The molecule has 2 aromatic carbocycles. The third-order valence-corrected chi connectivity index (χ3v) is 6.03. The summed E-state index contributed by atoms with van der Waals surface area (Å²) in [5.41, 5.74) is 4.07. The summed E-state index contributed by atoms with van der Waals surface area (Å²) in [6, 6.07) is 15.6. The minimum absolute atomic E-state index is 0.00247. The normalized spacial score (nSPS) is 17.4. The number of hydrogen-bond donors (Lipinski definition) is 1. The lowest BCUT2D eigenvalue weighted by molar-refractivity contribution is -0.115. The van der Waals surface area contributed by atoms with Crippen molar-refractivity contribution in [2.24, 2.45) is 0 Å². The van der Waals surface area contributed by atoms with Crippen LogP contribution in [0.15, 0.2) is 48.5 Å². The van der Waals surface area contributed by atoms with E-state index >= 15 is 0 Å². The summed E-state index contributed by atoms with van der Waals surface area (Å²) in [4.78, 5) is 24.0. The number of anilines is 1. The maximum Gasteiger partial charge on any atom is 0.237 e. The molecule has 1 amide bonds. The molecule has 0 fully saturated rings. The Kier molecular flexibility index (Phi) is 5.59. The van der Waals surface area contributed by atoms with Gasteiger partial charge in [-0.2, -0.15) is 0 Å². The van der Waals surface area contributed by atoms with Crippen LogP contribution in [0.5, 0.6) is 0 Å². The van der Waals surface area contributed by atoms with Crippen LogP contribution in [0.4, 0.5) is 5.69 Å². The molecule has 1 N–H and O–H groups in total. The van der Waals surface area contributed by atoms with Crippen LogP contribution in [0.1, 0.15) is 53.4 Å². The largest absolute Gasteiger partial charge is 0.325 e. The van der Waals surface area contributed by atoms with Gasteiger partial charge in [0.1, 0.15) is 0 Å². The van der Waals surface area contributed by atoms with Crippen LogP contribution < -0.4 is 5.32 Å². The number of hydrogen-bond acceptors (Lipinski definition) is 3. The van der Waals surface area contributed by atoms with Gasteiger partial charge in [-0.1, -0.05) is 36.4 Å². The number of amides is 1. The molecule has 0 bridgehead atoms. The number of carbonyl (C=O) groups excluding carboxylic acids is 2. The van der Waals surface area contributed by atoms with Gasteiger partial charge in [0, 0.05) is 16.5 Å². The quantitative estimate of drug-likeness (QED) is 0.767. The van der Waals surface area contributed by atoms with Gasteiger partial charge in [-0.25, -0.2) is 0 Å². The molecule has 0 spiro atoms. The fraction of sp³-hybridized carbons (Fsp3) is 0.333. The molecule has 4 heteroatoms. The summed E-state index contributed by atoms with van der Waals surface area (Å²) in [6.45, 7) is 3.48. The first-order valence-corrected chi connectivity index (χ1v) is 9.64. The molecule has 1 aliphatic rings. The molecule has 3 nitrogen and oxygen atoms in total. The number of aryl methyl sites for hydroxylation is 1. The van der Waals surface area contributed by atoms with Crippen LogP contribution in [-0.2, 0) is 11.2 Å². The average molecular weight is 353 g/mol. The van der Waals surface area contributed by atoms with E-state index in [1.807, 2.05) is 13.0 Å². The smallest absolute Gasteiger partial charge is 0.237 e. The van der Waals surface area contributed by atoms with E-state index in [-0.39, 0.29) is 16.9 Å². The first-order valence-electron chi connectivity index (χ1n) is 8.69. The lowest BCUT2D eigenvalue weighted by Gasteiger charge is -2.27. The highest BCUT2D eigenvalue weighted by Gasteiger charge is 2.25. The molecule has 0 saturated carbocycles. The maximum atomic E-state index is 12.6. The van der Waals surface area contributed by atoms with Crippen molar-refractivity contribution in [1.29, 1.82) is 0 Å². The van der Waals surface area contributed by atoms with E-state index in [0.29, 0.717) is 16.5 Å². The Morgan fingerprint density at radius 2 is 1.96 bits per heavy atom. The fourth-order valence-corrected chi connectivity index (χ4v) is 4.57. The van der Waals surface area contributed by atoms with Gasteiger partial charge in [-0.05, 0) is 56.4 Å². The minimum atomic E-state index is -0.155. The number of thioether (sulfide) groups is 1. The summed E-state index contributed by atoms with van der Waals surface area (Å²) in [5, 5.41) is 3.15. The Morgan fingerprint density at radius 3 is 2.76 bits per heavy atom. The van der Waals surface area contributed by atoms with Gasteiger partial charge in [0.25, 0.3) is 0 Å². The van der Waals surface area contributed by atoms with E-state index < -0.39 is 0 Å². The second kappa shape index (κ2) is 7.87. The number of ketones is 1. The highest BCUT2D eigenvalue weighted by atomic mass is 32.2. The lowest BCUT2D eigenvalue weighted by atomic mass is 9.91. The van der Waals surface area contributed by atoms with Gasteiger partial charge in [0.15, 0.2) is 5.78 Å². The Labute approximate surface area is 153 Å². The molecule has 0 aromatic heterocycles. The predicted octanol–water partition coefficient (Wildman–Crippen LogP) is 5.03. The molecule has 2 aromatic rings. The second-order valence-electron chi connectivity index (χ2n) is 6.48. The van der Waals surface area contributed by atoms with Crippen molar-refractivity contribution >= 4 is 29.1 Å². The molecular formula is C21H23NO2S. The Morgan fingerprint density at radius 1 is 1.16 bits per heavy atom. The summed E-state index contributed by atoms with van der Waals surface area (Å²) in [7, 11) is 0. The van der Waals surface area contributed by atoms with Crippen molar-refractivity contribution < 1.29 is 9.59 Å². The number of carbonyl (C=O) groups is 2. The summed E-state index contributed by atoms with van der Waals surface area (Å²) >= 11 is 1.72. The standard InChI is InChI=1S/C21H23NO2S/c1-14(23)17-9-5-10-18(13-17)22-21(24)15(2)25-20-12-6-8-16-7-3-4-11-19(16)20/h3-5,7,9-11,13,15,20H,6,8,12H2,1-2H3,(H,22,24). The van der Waals surface area contributed by atoms with E-state index in [1.54, 1.807) is 30.0 Å². The molecule has 0 radical (unpaired) electrons. The van der Waals surface area contributed by atoms with Crippen LogP contribution in [-0.4, -0.2) is 16.9 Å². The van der Waals surface area contributed by atoms with E-state index in [2.05, 4.69) is 29.6 Å². The number of benzene rings is 2. The Bertz CT molecular complexity index is 787. The van der Waals surface area contributed by atoms with Crippen LogP contribution in [0.2, 0.25) is 0 Å². The zero-order valence-corrected chi connectivity index (χ0v) is 15.4.